The molecule has 0 fully saturated rings. The molecule has 0 unspecified atom stereocenters. The number of fused-ring (bicyclic) bond motifs is 3. The van der Waals surface area contributed by atoms with E-state index < -0.39 is 15.9 Å². The Morgan fingerprint density at radius 2 is 1.30 bits per heavy atom. The minimum atomic E-state index is -3.94. The van der Waals surface area contributed by atoms with Crippen LogP contribution in [-0.2, 0) is 19.6 Å². The quantitative estimate of drug-likeness (QED) is 0.173. The van der Waals surface area contributed by atoms with Gasteiger partial charge in [-0.25, -0.2) is 8.42 Å². The molecule has 0 saturated heterocycles. The first-order valence-corrected chi connectivity index (χ1v) is 17.3. The Bertz CT molecular complexity index is 2090. The minimum absolute atomic E-state index is 0.179. The van der Waals surface area contributed by atoms with Gasteiger partial charge in [0, 0.05) is 23.3 Å². The molecular weight excluding hydrogens is 603 g/mol. The second-order valence-corrected chi connectivity index (χ2v) is 14.0. The molecule has 0 radical (unpaired) electrons. The maximum Gasteiger partial charge on any atom is 0.315 e. The van der Waals surface area contributed by atoms with Gasteiger partial charge >= 0.3 is 5.97 Å². The van der Waals surface area contributed by atoms with Gasteiger partial charge in [0.25, 0.3) is 10.0 Å². The van der Waals surface area contributed by atoms with Crippen LogP contribution in [0.5, 0.6) is 0 Å². The van der Waals surface area contributed by atoms with Crippen molar-refractivity contribution >= 4 is 27.4 Å². The van der Waals surface area contributed by atoms with E-state index in [9.17, 15) is 13.2 Å². The molecule has 47 heavy (non-hydrogen) atoms. The number of carbonyl (C=O) groups is 1. The molecule has 1 aliphatic heterocycles. The van der Waals surface area contributed by atoms with E-state index in [1.807, 2.05) is 117 Å². The van der Waals surface area contributed by atoms with Gasteiger partial charge in [0.2, 0.25) is 0 Å². The van der Waals surface area contributed by atoms with Crippen LogP contribution in [0.25, 0.3) is 11.5 Å². The Morgan fingerprint density at radius 1 is 0.723 bits per heavy atom. The number of nitrogens with one attached hydrogen (secondary N) is 1. The summed E-state index contributed by atoms with van der Waals surface area (Å²) < 4.78 is 36.7. The average Bonchev–Trinajstić information content (AvgIpc) is 3.42. The van der Waals surface area contributed by atoms with E-state index in [4.69, 9.17) is 4.74 Å². The summed E-state index contributed by atoms with van der Waals surface area (Å²) in [6.07, 6.45) is 4.06. The summed E-state index contributed by atoms with van der Waals surface area (Å²) in [5.41, 5.74) is 7.18. The summed E-state index contributed by atoms with van der Waals surface area (Å²) in [5.74, 6) is -1.12. The van der Waals surface area contributed by atoms with Gasteiger partial charge in [0.05, 0.1) is 16.5 Å². The van der Waals surface area contributed by atoms with Gasteiger partial charge in [-0.1, -0.05) is 139 Å². The highest BCUT2D eigenvalue weighted by molar-refractivity contribution is 7.89. The molecule has 1 aliphatic carbocycles. The van der Waals surface area contributed by atoms with Gasteiger partial charge in [0.15, 0.2) is 0 Å². The number of ether oxygens (including phenoxy) is 1. The number of sulfonamides is 1. The summed E-state index contributed by atoms with van der Waals surface area (Å²) in [7, 11) is -3.94. The Hall–Kier alpha value is -5.20. The molecule has 0 aromatic heterocycles. The number of hydrogen-bond donors (Lipinski definition) is 1. The van der Waals surface area contributed by atoms with Crippen LogP contribution in [-0.4, -0.2) is 14.4 Å². The minimum Gasteiger partial charge on any atom is -0.426 e. The van der Waals surface area contributed by atoms with E-state index in [2.05, 4.69) is 22.9 Å². The Balaban J connectivity index is 1.39. The van der Waals surface area contributed by atoms with Crippen molar-refractivity contribution in [3.8, 4) is 0 Å². The molecule has 4 atom stereocenters. The van der Waals surface area contributed by atoms with Crippen LogP contribution in [0.15, 0.2) is 151 Å². The summed E-state index contributed by atoms with van der Waals surface area (Å²) in [6.45, 7) is 3.92. The lowest BCUT2D eigenvalue weighted by Gasteiger charge is -2.32. The van der Waals surface area contributed by atoms with E-state index in [1.54, 1.807) is 24.3 Å². The standard InChI is InChI=1S/C41H35NO4S/c1-27-17-21-30(22-18-27)37(42-47(44,45)32-23-19-28(2)20-24-32)25-35(29-11-5-3-6-12-29)39-34-16-10-9-15-33(34)36-26-38(46-41(43)40(36)39)31-13-7-4-8-14-31/h3-26,35-36,39-40,42H,1-2H3/b37-25-/t35-,36-,39+,40-/m1/s1. The third kappa shape index (κ3) is 6.05. The van der Waals surface area contributed by atoms with Crippen molar-refractivity contribution in [3.63, 3.8) is 0 Å². The number of rotatable bonds is 8. The van der Waals surface area contributed by atoms with E-state index in [1.165, 1.54) is 0 Å². The molecule has 7 rings (SSSR count). The second kappa shape index (κ2) is 12.5. The number of hydrogen-bond acceptors (Lipinski definition) is 4. The molecule has 0 spiro atoms. The lowest BCUT2D eigenvalue weighted by Crippen LogP contribution is -2.30. The lowest BCUT2D eigenvalue weighted by molar-refractivity contribution is -0.143. The van der Waals surface area contributed by atoms with Gasteiger partial charge in [-0.15, -0.1) is 0 Å². The maximum absolute atomic E-state index is 14.1. The third-order valence-corrected chi connectivity index (χ3v) is 10.6. The van der Waals surface area contributed by atoms with Gasteiger partial charge in [-0.2, -0.15) is 0 Å². The monoisotopic (exact) mass is 637 g/mol. The van der Waals surface area contributed by atoms with Gasteiger partial charge < -0.3 is 4.74 Å². The fraction of sp³-hybridized carbons (Fsp3) is 0.146. The molecule has 0 amide bonds. The highest BCUT2D eigenvalue weighted by atomic mass is 32.2. The predicted molar refractivity (Wildman–Crippen MR) is 186 cm³/mol. The SMILES string of the molecule is Cc1ccc(/C(=C/[C@H](c2ccccc2)[C@@H]2c3ccccc3[C@H]3C=C(c4ccccc4)OC(=O)[C@@H]23)NS(=O)(=O)c2ccc(C)cc2)cc1. The molecule has 1 heterocycles. The number of cyclic esters (lactones) is 1. The first kappa shape index (κ1) is 30.5. The predicted octanol–water partition coefficient (Wildman–Crippen LogP) is 8.50. The molecule has 1 N–H and O–H groups in total. The van der Waals surface area contributed by atoms with Crippen molar-refractivity contribution < 1.29 is 17.9 Å². The van der Waals surface area contributed by atoms with Crippen molar-refractivity contribution in [2.45, 2.75) is 36.5 Å². The van der Waals surface area contributed by atoms with Crippen LogP contribution in [0.3, 0.4) is 0 Å². The maximum atomic E-state index is 14.1. The van der Waals surface area contributed by atoms with Crippen LogP contribution in [0.1, 0.15) is 56.7 Å². The van der Waals surface area contributed by atoms with Crippen molar-refractivity contribution in [1.82, 2.24) is 4.72 Å². The second-order valence-electron chi connectivity index (χ2n) is 12.3. The van der Waals surface area contributed by atoms with Crippen LogP contribution < -0.4 is 4.72 Å². The van der Waals surface area contributed by atoms with Crippen LogP contribution in [0, 0.1) is 19.8 Å². The molecule has 234 valence electrons. The van der Waals surface area contributed by atoms with Crippen molar-refractivity contribution in [1.29, 1.82) is 0 Å². The zero-order valence-electron chi connectivity index (χ0n) is 26.2. The Morgan fingerprint density at radius 3 is 1.96 bits per heavy atom. The first-order chi connectivity index (χ1) is 22.8. The highest BCUT2D eigenvalue weighted by Gasteiger charge is 2.50. The zero-order chi connectivity index (χ0) is 32.5. The number of esters is 1. The van der Waals surface area contributed by atoms with Crippen LogP contribution in [0.4, 0.5) is 0 Å². The van der Waals surface area contributed by atoms with Crippen molar-refractivity contribution in [2.24, 2.45) is 5.92 Å². The molecule has 5 aromatic carbocycles. The van der Waals surface area contributed by atoms with Gasteiger partial charge in [0.1, 0.15) is 5.76 Å². The number of carbonyl (C=O) groups excluding carboxylic acids is 1. The van der Waals surface area contributed by atoms with Crippen LogP contribution >= 0.6 is 0 Å². The van der Waals surface area contributed by atoms with Crippen molar-refractivity contribution in [3.05, 3.63) is 185 Å². The van der Waals surface area contributed by atoms with Crippen LogP contribution in [0.2, 0.25) is 0 Å². The molecule has 5 aromatic rings. The molecule has 6 heteroatoms. The average molecular weight is 638 g/mol. The van der Waals surface area contributed by atoms with Crippen molar-refractivity contribution in [2.75, 3.05) is 0 Å². The summed E-state index contributed by atoms with van der Waals surface area (Å²) in [4.78, 5) is 14.3. The molecule has 5 nitrogen and oxygen atoms in total. The number of aryl methyl sites for hydroxylation is 2. The fourth-order valence-corrected chi connectivity index (χ4v) is 7.96. The summed E-state index contributed by atoms with van der Waals surface area (Å²) >= 11 is 0. The third-order valence-electron chi connectivity index (χ3n) is 9.22. The van der Waals surface area contributed by atoms with E-state index in [0.717, 1.165) is 38.9 Å². The van der Waals surface area contributed by atoms with E-state index >= 15 is 0 Å². The van der Waals surface area contributed by atoms with E-state index in [0.29, 0.717) is 11.5 Å². The molecule has 0 saturated carbocycles. The zero-order valence-corrected chi connectivity index (χ0v) is 27.0. The lowest BCUT2D eigenvalue weighted by atomic mass is 9.74. The fourth-order valence-electron chi connectivity index (χ4n) is 6.87. The Labute approximate surface area is 276 Å². The largest absolute Gasteiger partial charge is 0.426 e. The van der Waals surface area contributed by atoms with E-state index in [-0.39, 0.29) is 28.6 Å². The normalized spacial score (nSPS) is 19.6. The summed E-state index contributed by atoms with van der Waals surface area (Å²) in [6, 6.07) is 42.5. The van der Waals surface area contributed by atoms with Gasteiger partial charge in [-0.3, -0.25) is 9.52 Å². The molecular formula is C41H35NO4S. The highest BCUT2D eigenvalue weighted by Crippen LogP contribution is 2.56. The smallest absolute Gasteiger partial charge is 0.315 e. The Kier molecular flexibility index (Phi) is 8.12. The number of benzene rings is 5. The summed E-state index contributed by atoms with van der Waals surface area (Å²) in [5, 5.41) is 0. The molecule has 2 aliphatic rings. The molecule has 0 bridgehead atoms. The first-order valence-electron chi connectivity index (χ1n) is 15.8. The number of allylic oxidation sites excluding steroid dienone is 2. The van der Waals surface area contributed by atoms with Gasteiger partial charge in [-0.05, 0) is 54.3 Å². The topological polar surface area (TPSA) is 72.5 Å².